The Kier molecular flexibility index (Phi) is 3.94. The van der Waals surface area contributed by atoms with Crippen LogP contribution in [0.5, 0.6) is 0 Å². The average Bonchev–Trinajstić information content (AvgIpc) is 2.09. The second-order valence-corrected chi connectivity index (χ2v) is 3.53. The van der Waals surface area contributed by atoms with Gasteiger partial charge in [0.15, 0.2) is 5.78 Å². The van der Waals surface area contributed by atoms with Gasteiger partial charge in [0.05, 0.1) is 13.0 Å². The number of terminal acetylenes is 1. The van der Waals surface area contributed by atoms with Gasteiger partial charge in [-0.05, 0) is 12.8 Å². The first-order valence-corrected chi connectivity index (χ1v) is 4.65. The first-order chi connectivity index (χ1) is 6.22. The van der Waals surface area contributed by atoms with Gasteiger partial charge in [-0.3, -0.25) is 9.69 Å². The fraction of sp³-hybridized carbons (Fsp3) is 0.700. The van der Waals surface area contributed by atoms with Crippen LogP contribution in [0, 0.1) is 12.3 Å². The third-order valence-electron chi connectivity index (χ3n) is 2.33. The Bertz CT molecular complexity index is 211. The minimum atomic E-state index is 0.137. The Hall–Kier alpha value is -0.850. The molecule has 0 aliphatic carbocycles. The lowest BCUT2D eigenvalue weighted by molar-refractivity contribution is -0.119. The summed E-state index contributed by atoms with van der Waals surface area (Å²) in [7, 11) is 0. The number of carbonyl (C=O) groups is 1. The summed E-state index contributed by atoms with van der Waals surface area (Å²) in [6, 6.07) is 0.319. The number of Topliss-reactive ketones (excluding diaryl/α,β-unsaturated/α-hetero) is 1. The lowest BCUT2D eigenvalue weighted by Crippen LogP contribution is -2.41. The van der Waals surface area contributed by atoms with Crippen LogP contribution >= 0.6 is 0 Å². The molecule has 0 radical (unpaired) electrons. The summed E-state index contributed by atoms with van der Waals surface area (Å²) in [5.74, 6) is 2.50. The highest BCUT2D eigenvalue weighted by atomic mass is 16.1. The fourth-order valence-electron chi connectivity index (χ4n) is 1.53. The molecule has 0 aromatic heterocycles. The maximum atomic E-state index is 11.2. The zero-order valence-corrected chi connectivity index (χ0v) is 7.83. The van der Waals surface area contributed by atoms with Crippen LogP contribution in [0.25, 0.3) is 0 Å². The van der Waals surface area contributed by atoms with E-state index in [0.717, 1.165) is 25.9 Å². The molecule has 0 amide bonds. The first-order valence-electron chi connectivity index (χ1n) is 4.65. The van der Waals surface area contributed by atoms with Gasteiger partial charge < -0.3 is 5.73 Å². The maximum absolute atomic E-state index is 11.2. The second kappa shape index (κ2) is 5.00. The third-order valence-corrected chi connectivity index (χ3v) is 2.33. The van der Waals surface area contributed by atoms with Crippen LogP contribution in [0.1, 0.15) is 19.3 Å². The molecule has 1 heterocycles. The number of nitrogens with zero attached hydrogens (tertiary/aromatic N) is 1. The molecule has 1 saturated heterocycles. The molecule has 13 heavy (non-hydrogen) atoms. The molecule has 1 rings (SSSR count). The van der Waals surface area contributed by atoms with E-state index in [4.69, 9.17) is 12.2 Å². The first kappa shape index (κ1) is 10.2. The van der Waals surface area contributed by atoms with Gasteiger partial charge in [-0.25, -0.2) is 0 Å². The number of hydrogen-bond acceptors (Lipinski definition) is 3. The van der Waals surface area contributed by atoms with E-state index in [1.807, 2.05) is 0 Å². The van der Waals surface area contributed by atoms with E-state index in [2.05, 4.69) is 10.8 Å². The number of rotatable bonds is 3. The summed E-state index contributed by atoms with van der Waals surface area (Å²) in [4.78, 5) is 13.3. The van der Waals surface area contributed by atoms with Gasteiger partial charge in [-0.1, -0.05) is 5.92 Å². The molecule has 0 saturated carbocycles. The van der Waals surface area contributed by atoms with E-state index >= 15 is 0 Å². The van der Waals surface area contributed by atoms with Crippen LogP contribution in [-0.2, 0) is 4.79 Å². The van der Waals surface area contributed by atoms with Crippen LogP contribution < -0.4 is 5.73 Å². The largest absolute Gasteiger partial charge is 0.328 e. The Balaban J connectivity index is 2.23. The molecular weight excluding hydrogens is 164 g/mol. The van der Waals surface area contributed by atoms with Crippen molar-refractivity contribution in [2.45, 2.75) is 25.3 Å². The summed E-state index contributed by atoms with van der Waals surface area (Å²) >= 11 is 0. The fourth-order valence-corrected chi connectivity index (χ4v) is 1.53. The number of likely N-dealkylation sites (tertiary alicyclic amines) is 1. The summed E-state index contributed by atoms with van der Waals surface area (Å²) in [6.45, 7) is 2.35. The highest BCUT2D eigenvalue weighted by Gasteiger charge is 2.17. The van der Waals surface area contributed by atoms with Crippen molar-refractivity contribution >= 4 is 5.78 Å². The monoisotopic (exact) mass is 180 g/mol. The standard InChI is InChI=1S/C10H16N2O/c1-2-3-10(13)8-12-6-4-9(11)5-7-12/h1,9H,3-8,11H2. The molecule has 0 atom stereocenters. The third kappa shape index (κ3) is 3.58. The molecule has 72 valence electrons. The van der Waals surface area contributed by atoms with E-state index in [9.17, 15) is 4.79 Å². The molecule has 1 aliphatic rings. The molecule has 0 bridgehead atoms. The van der Waals surface area contributed by atoms with E-state index in [-0.39, 0.29) is 12.2 Å². The summed E-state index contributed by atoms with van der Waals surface area (Å²) < 4.78 is 0. The number of carbonyl (C=O) groups excluding carboxylic acids is 1. The highest BCUT2D eigenvalue weighted by molar-refractivity contribution is 5.82. The van der Waals surface area contributed by atoms with Crippen LogP contribution in [0.15, 0.2) is 0 Å². The van der Waals surface area contributed by atoms with Crippen molar-refractivity contribution < 1.29 is 4.79 Å². The van der Waals surface area contributed by atoms with Crippen LogP contribution in [0.4, 0.5) is 0 Å². The maximum Gasteiger partial charge on any atom is 0.158 e. The summed E-state index contributed by atoms with van der Waals surface area (Å²) in [5, 5.41) is 0. The zero-order valence-electron chi connectivity index (χ0n) is 7.83. The van der Waals surface area contributed by atoms with Crippen molar-refractivity contribution in [1.82, 2.24) is 4.90 Å². The molecule has 0 aromatic carbocycles. The van der Waals surface area contributed by atoms with Gasteiger partial charge in [0, 0.05) is 19.1 Å². The quantitative estimate of drug-likeness (QED) is 0.622. The summed E-state index contributed by atoms with van der Waals surface area (Å²) in [6.07, 6.45) is 7.28. The average molecular weight is 180 g/mol. The molecule has 0 spiro atoms. The highest BCUT2D eigenvalue weighted by Crippen LogP contribution is 2.07. The van der Waals surface area contributed by atoms with E-state index in [0.29, 0.717) is 12.6 Å². The van der Waals surface area contributed by atoms with E-state index < -0.39 is 0 Å². The smallest absolute Gasteiger partial charge is 0.158 e. The lowest BCUT2D eigenvalue weighted by atomic mass is 10.1. The van der Waals surface area contributed by atoms with Crippen molar-refractivity contribution in [3.05, 3.63) is 0 Å². The Morgan fingerprint density at radius 2 is 2.15 bits per heavy atom. The predicted octanol–water partition coefficient (Wildman–Crippen LogP) is 0.00190. The number of nitrogens with two attached hydrogens (primary N) is 1. The minimum absolute atomic E-state index is 0.137. The Morgan fingerprint density at radius 3 is 2.69 bits per heavy atom. The van der Waals surface area contributed by atoms with Gasteiger partial charge in [0.1, 0.15) is 0 Å². The molecule has 3 nitrogen and oxygen atoms in total. The molecule has 2 N–H and O–H groups in total. The van der Waals surface area contributed by atoms with Gasteiger partial charge in [-0.2, -0.15) is 0 Å². The van der Waals surface area contributed by atoms with E-state index in [1.165, 1.54) is 0 Å². The normalized spacial score (nSPS) is 19.7. The lowest BCUT2D eigenvalue weighted by Gasteiger charge is -2.29. The molecule has 0 aromatic rings. The van der Waals surface area contributed by atoms with Crippen LogP contribution in [0.3, 0.4) is 0 Å². The van der Waals surface area contributed by atoms with E-state index in [1.54, 1.807) is 0 Å². The van der Waals surface area contributed by atoms with Gasteiger partial charge >= 0.3 is 0 Å². The molecule has 1 fully saturated rings. The SMILES string of the molecule is C#CCC(=O)CN1CCC(N)CC1. The van der Waals surface area contributed by atoms with Crippen molar-refractivity contribution in [1.29, 1.82) is 0 Å². The Morgan fingerprint density at radius 1 is 1.54 bits per heavy atom. The number of hydrogen-bond donors (Lipinski definition) is 1. The second-order valence-electron chi connectivity index (χ2n) is 3.53. The number of ketones is 1. The predicted molar refractivity (Wildman–Crippen MR) is 52.1 cm³/mol. The number of piperidine rings is 1. The molecule has 0 unspecified atom stereocenters. The van der Waals surface area contributed by atoms with Crippen LogP contribution in [0.2, 0.25) is 0 Å². The molecule has 3 heteroatoms. The van der Waals surface area contributed by atoms with Gasteiger partial charge in [0.2, 0.25) is 0 Å². The summed E-state index contributed by atoms with van der Waals surface area (Å²) in [5.41, 5.74) is 5.74. The van der Waals surface area contributed by atoms with Crippen molar-refractivity contribution in [3.8, 4) is 12.3 Å². The molecular formula is C10H16N2O. The van der Waals surface area contributed by atoms with Gasteiger partial charge in [0.25, 0.3) is 0 Å². The molecule has 1 aliphatic heterocycles. The van der Waals surface area contributed by atoms with Crippen molar-refractivity contribution in [2.75, 3.05) is 19.6 Å². The van der Waals surface area contributed by atoms with Crippen molar-refractivity contribution in [3.63, 3.8) is 0 Å². The zero-order chi connectivity index (χ0) is 9.68. The topological polar surface area (TPSA) is 46.3 Å². The minimum Gasteiger partial charge on any atom is -0.328 e. The van der Waals surface area contributed by atoms with Crippen molar-refractivity contribution in [2.24, 2.45) is 5.73 Å². The van der Waals surface area contributed by atoms with Gasteiger partial charge in [-0.15, -0.1) is 6.42 Å². The van der Waals surface area contributed by atoms with Crippen LogP contribution in [-0.4, -0.2) is 36.4 Å². The Labute approximate surface area is 79.3 Å².